The predicted octanol–water partition coefficient (Wildman–Crippen LogP) is 3.42. The van der Waals surface area contributed by atoms with Crippen LogP contribution in [0.1, 0.15) is 35.6 Å². The van der Waals surface area contributed by atoms with E-state index in [4.69, 9.17) is 0 Å². The van der Waals surface area contributed by atoms with Gasteiger partial charge in [-0.2, -0.15) is 0 Å². The van der Waals surface area contributed by atoms with E-state index in [1.54, 1.807) is 4.68 Å². The monoisotopic (exact) mass is 306 g/mol. The second-order valence-electron chi connectivity index (χ2n) is 5.04. The van der Waals surface area contributed by atoms with Gasteiger partial charge in [-0.15, -0.1) is 0 Å². The molecule has 0 spiro atoms. The summed E-state index contributed by atoms with van der Waals surface area (Å²) in [4.78, 5) is 12.2. The van der Waals surface area contributed by atoms with Gasteiger partial charge in [0.2, 0.25) is 0 Å². The fourth-order valence-corrected chi connectivity index (χ4v) is 2.89. The third-order valence-corrected chi connectivity index (χ3v) is 4.20. The van der Waals surface area contributed by atoms with Crippen molar-refractivity contribution >= 4 is 15.9 Å². The minimum absolute atomic E-state index is 0.00357. The predicted molar refractivity (Wildman–Crippen MR) is 75.5 cm³/mol. The van der Waals surface area contributed by atoms with Crippen molar-refractivity contribution in [1.82, 2.24) is 9.78 Å². The van der Waals surface area contributed by atoms with Crippen molar-refractivity contribution in [3.05, 3.63) is 49.8 Å². The molecule has 1 aromatic carbocycles. The van der Waals surface area contributed by atoms with Crippen molar-refractivity contribution in [2.24, 2.45) is 0 Å². The Morgan fingerprint density at radius 3 is 2.67 bits per heavy atom. The van der Waals surface area contributed by atoms with Gasteiger partial charge < -0.3 is 0 Å². The van der Waals surface area contributed by atoms with E-state index in [-0.39, 0.29) is 5.56 Å². The normalized spacial score (nSPS) is 15.1. The first-order valence-corrected chi connectivity index (χ1v) is 6.95. The van der Waals surface area contributed by atoms with Crippen molar-refractivity contribution in [3.63, 3.8) is 0 Å². The molecule has 1 saturated carbocycles. The molecule has 1 aromatic heterocycles. The average molecular weight is 307 g/mol. The molecule has 0 unspecified atom stereocenters. The molecular formula is C14H15BrN2O. The van der Waals surface area contributed by atoms with E-state index in [0.717, 1.165) is 16.9 Å². The van der Waals surface area contributed by atoms with E-state index in [1.165, 1.54) is 18.4 Å². The molecule has 2 aromatic rings. The Hall–Kier alpha value is -1.29. The van der Waals surface area contributed by atoms with Crippen molar-refractivity contribution in [3.8, 4) is 5.69 Å². The number of aromatic amines is 1. The first-order chi connectivity index (χ1) is 8.58. The summed E-state index contributed by atoms with van der Waals surface area (Å²) in [7, 11) is 0. The summed E-state index contributed by atoms with van der Waals surface area (Å²) < 4.78 is 2.33. The van der Waals surface area contributed by atoms with Crippen LogP contribution in [-0.4, -0.2) is 9.78 Å². The van der Waals surface area contributed by atoms with Crippen LogP contribution < -0.4 is 5.56 Å². The minimum atomic E-state index is 0.00357. The van der Waals surface area contributed by atoms with Gasteiger partial charge in [-0.25, -0.2) is 4.68 Å². The molecule has 1 N–H and O–H groups in total. The highest BCUT2D eigenvalue weighted by Gasteiger charge is 2.29. The number of hydrogen-bond acceptors (Lipinski definition) is 1. The van der Waals surface area contributed by atoms with Crippen LogP contribution in [0.3, 0.4) is 0 Å². The number of halogens is 1. The standard InChI is InChI=1S/C14H15BrN2O/c1-8-3-6-11(9(2)7-8)17-14(18)12(15)13(16-17)10-4-5-10/h3,6-7,10,16H,4-5H2,1-2H3. The Morgan fingerprint density at radius 2 is 2.06 bits per heavy atom. The molecular weight excluding hydrogens is 292 g/mol. The van der Waals surface area contributed by atoms with Crippen LogP contribution >= 0.6 is 15.9 Å². The number of hydrogen-bond donors (Lipinski definition) is 1. The first kappa shape index (κ1) is 11.8. The number of H-pyrrole nitrogens is 1. The smallest absolute Gasteiger partial charge is 0.285 e. The van der Waals surface area contributed by atoms with Crippen molar-refractivity contribution in [2.75, 3.05) is 0 Å². The molecule has 94 valence electrons. The molecule has 0 aliphatic heterocycles. The highest BCUT2D eigenvalue weighted by molar-refractivity contribution is 9.10. The summed E-state index contributed by atoms with van der Waals surface area (Å²) >= 11 is 3.41. The second kappa shape index (κ2) is 4.12. The SMILES string of the molecule is Cc1ccc(-n2[nH]c(C3CC3)c(Br)c2=O)c(C)c1. The molecule has 3 rings (SSSR count). The van der Waals surface area contributed by atoms with E-state index in [1.807, 2.05) is 19.1 Å². The summed E-state index contributed by atoms with van der Waals surface area (Å²) in [5, 5.41) is 3.25. The van der Waals surface area contributed by atoms with Gasteiger partial charge in [0.05, 0.1) is 11.4 Å². The minimum Gasteiger partial charge on any atom is -0.294 e. The topological polar surface area (TPSA) is 37.8 Å². The third-order valence-electron chi connectivity index (χ3n) is 3.44. The van der Waals surface area contributed by atoms with E-state index in [2.05, 4.69) is 34.0 Å². The summed E-state index contributed by atoms with van der Waals surface area (Å²) in [6.07, 6.45) is 2.34. The lowest BCUT2D eigenvalue weighted by Crippen LogP contribution is -2.15. The number of aromatic nitrogens is 2. The van der Waals surface area contributed by atoms with Crippen molar-refractivity contribution in [1.29, 1.82) is 0 Å². The van der Waals surface area contributed by atoms with E-state index in [9.17, 15) is 4.79 Å². The van der Waals surface area contributed by atoms with Gasteiger partial charge in [0.15, 0.2) is 0 Å². The maximum absolute atomic E-state index is 12.2. The maximum Gasteiger partial charge on any atom is 0.285 e. The molecule has 0 radical (unpaired) electrons. The van der Waals surface area contributed by atoms with Gasteiger partial charge >= 0.3 is 0 Å². The lowest BCUT2D eigenvalue weighted by atomic mass is 10.1. The molecule has 0 amide bonds. The Labute approximate surface area is 114 Å². The third kappa shape index (κ3) is 1.85. The molecule has 1 heterocycles. The van der Waals surface area contributed by atoms with Crippen molar-refractivity contribution < 1.29 is 0 Å². The second-order valence-corrected chi connectivity index (χ2v) is 5.84. The molecule has 3 nitrogen and oxygen atoms in total. The summed E-state index contributed by atoms with van der Waals surface area (Å²) in [5.41, 5.74) is 4.28. The Bertz CT molecular complexity index is 665. The highest BCUT2D eigenvalue weighted by Crippen LogP contribution is 2.41. The Kier molecular flexibility index (Phi) is 2.70. The quantitative estimate of drug-likeness (QED) is 0.907. The van der Waals surface area contributed by atoms with Crippen LogP contribution in [0.4, 0.5) is 0 Å². The first-order valence-electron chi connectivity index (χ1n) is 6.16. The van der Waals surface area contributed by atoms with Crippen LogP contribution in [0.25, 0.3) is 5.69 Å². The lowest BCUT2D eigenvalue weighted by molar-refractivity contribution is 0.810. The van der Waals surface area contributed by atoms with Gasteiger partial charge in [0, 0.05) is 5.92 Å². The zero-order valence-corrected chi connectivity index (χ0v) is 12.0. The fourth-order valence-electron chi connectivity index (χ4n) is 2.30. The summed E-state index contributed by atoms with van der Waals surface area (Å²) in [5.74, 6) is 0.527. The Morgan fingerprint density at radius 1 is 1.33 bits per heavy atom. The lowest BCUT2D eigenvalue weighted by Gasteiger charge is -2.06. The molecule has 1 fully saturated rings. The zero-order chi connectivity index (χ0) is 12.9. The maximum atomic E-state index is 12.2. The largest absolute Gasteiger partial charge is 0.294 e. The molecule has 0 saturated heterocycles. The zero-order valence-electron chi connectivity index (χ0n) is 10.5. The van der Waals surface area contributed by atoms with E-state index >= 15 is 0 Å². The van der Waals surface area contributed by atoms with Crippen LogP contribution in [0.15, 0.2) is 27.5 Å². The molecule has 1 aliphatic carbocycles. The molecule has 4 heteroatoms. The highest BCUT2D eigenvalue weighted by atomic mass is 79.9. The summed E-state index contributed by atoms with van der Waals surface area (Å²) in [6, 6.07) is 6.11. The fraction of sp³-hybridized carbons (Fsp3) is 0.357. The molecule has 1 aliphatic rings. The summed E-state index contributed by atoms with van der Waals surface area (Å²) in [6.45, 7) is 4.08. The van der Waals surface area contributed by atoms with E-state index in [0.29, 0.717) is 10.4 Å². The Balaban J connectivity index is 2.17. The molecule has 18 heavy (non-hydrogen) atoms. The van der Waals surface area contributed by atoms with Crippen LogP contribution in [0, 0.1) is 13.8 Å². The van der Waals surface area contributed by atoms with Gasteiger partial charge in [-0.05, 0) is 54.2 Å². The number of rotatable bonds is 2. The van der Waals surface area contributed by atoms with Crippen LogP contribution in [0.5, 0.6) is 0 Å². The van der Waals surface area contributed by atoms with Gasteiger partial charge in [-0.3, -0.25) is 9.89 Å². The van der Waals surface area contributed by atoms with Crippen LogP contribution in [-0.2, 0) is 0 Å². The number of aryl methyl sites for hydroxylation is 2. The van der Waals surface area contributed by atoms with Gasteiger partial charge in [0.25, 0.3) is 5.56 Å². The molecule has 0 atom stereocenters. The van der Waals surface area contributed by atoms with Gasteiger partial charge in [0.1, 0.15) is 4.47 Å². The van der Waals surface area contributed by atoms with Crippen LogP contribution in [0.2, 0.25) is 0 Å². The van der Waals surface area contributed by atoms with Crippen molar-refractivity contribution in [2.45, 2.75) is 32.6 Å². The number of benzene rings is 1. The number of nitrogens with one attached hydrogen (secondary N) is 1. The van der Waals surface area contributed by atoms with E-state index < -0.39 is 0 Å². The average Bonchev–Trinajstić information content (AvgIpc) is 3.11. The number of nitrogens with zero attached hydrogens (tertiary/aromatic N) is 1. The molecule has 0 bridgehead atoms. The van der Waals surface area contributed by atoms with Gasteiger partial charge in [-0.1, -0.05) is 17.7 Å².